The van der Waals surface area contributed by atoms with E-state index in [1.807, 2.05) is 50.2 Å². The molecule has 0 saturated heterocycles. The SMILES string of the molecule is CCCNC(=O)c1cnc(Nc2ccc(N(C)C)cc2)cn1. The Morgan fingerprint density at radius 1 is 1.14 bits per heavy atom. The Bertz CT molecular complexity index is 607. The van der Waals surface area contributed by atoms with Crippen molar-refractivity contribution in [1.29, 1.82) is 0 Å². The van der Waals surface area contributed by atoms with Crippen molar-refractivity contribution < 1.29 is 4.79 Å². The molecule has 6 heteroatoms. The van der Waals surface area contributed by atoms with Crippen LogP contribution in [-0.4, -0.2) is 36.5 Å². The van der Waals surface area contributed by atoms with Crippen molar-refractivity contribution in [2.75, 3.05) is 30.9 Å². The molecule has 0 radical (unpaired) electrons. The van der Waals surface area contributed by atoms with Crippen LogP contribution in [0.1, 0.15) is 23.8 Å². The third-order valence-electron chi connectivity index (χ3n) is 3.08. The molecule has 0 atom stereocenters. The fraction of sp³-hybridized carbons (Fsp3) is 0.312. The average molecular weight is 299 g/mol. The molecule has 1 aromatic heterocycles. The van der Waals surface area contributed by atoms with Gasteiger partial charge in [0.2, 0.25) is 0 Å². The molecule has 2 rings (SSSR count). The fourth-order valence-electron chi connectivity index (χ4n) is 1.83. The number of benzene rings is 1. The first-order valence-electron chi connectivity index (χ1n) is 7.25. The van der Waals surface area contributed by atoms with Gasteiger partial charge in [0.25, 0.3) is 5.91 Å². The standard InChI is InChI=1S/C16H21N5O/c1-4-9-17-16(22)14-10-19-15(11-18-14)20-12-5-7-13(8-6-12)21(2)3/h5-8,10-11H,4,9H2,1-3H3,(H,17,22)(H,19,20). The van der Waals surface area contributed by atoms with Gasteiger partial charge >= 0.3 is 0 Å². The summed E-state index contributed by atoms with van der Waals surface area (Å²) < 4.78 is 0. The van der Waals surface area contributed by atoms with Gasteiger partial charge < -0.3 is 15.5 Å². The van der Waals surface area contributed by atoms with Crippen LogP contribution in [0.15, 0.2) is 36.7 Å². The lowest BCUT2D eigenvalue weighted by atomic mass is 10.2. The summed E-state index contributed by atoms with van der Waals surface area (Å²) in [7, 11) is 3.99. The predicted molar refractivity (Wildman–Crippen MR) is 88.7 cm³/mol. The van der Waals surface area contributed by atoms with Crippen LogP contribution in [0.25, 0.3) is 0 Å². The third-order valence-corrected chi connectivity index (χ3v) is 3.08. The zero-order chi connectivity index (χ0) is 15.9. The smallest absolute Gasteiger partial charge is 0.271 e. The van der Waals surface area contributed by atoms with Crippen LogP contribution in [0.3, 0.4) is 0 Å². The van der Waals surface area contributed by atoms with Crippen LogP contribution in [0, 0.1) is 0 Å². The van der Waals surface area contributed by atoms with Gasteiger partial charge in [-0.15, -0.1) is 0 Å². The Kier molecular flexibility index (Phi) is 5.30. The van der Waals surface area contributed by atoms with Crippen LogP contribution >= 0.6 is 0 Å². The lowest BCUT2D eigenvalue weighted by Crippen LogP contribution is -2.25. The molecule has 0 aliphatic carbocycles. The van der Waals surface area contributed by atoms with Crippen LogP contribution in [0.4, 0.5) is 17.2 Å². The van der Waals surface area contributed by atoms with Crippen LogP contribution in [0.2, 0.25) is 0 Å². The van der Waals surface area contributed by atoms with Gasteiger partial charge in [-0.1, -0.05) is 6.92 Å². The summed E-state index contributed by atoms with van der Waals surface area (Å²) in [5, 5.41) is 5.92. The second-order valence-electron chi connectivity index (χ2n) is 5.11. The van der Waals surface area contributed by atoms with Crippen molar-refractivity contribution in [1.82, 2.24) is 15.3 Å². The zero-order valence-corrected chi connectivity index (χ0v) is 13.1. The number of hydrogen-bond acceptors (Lipinski definition) is 5. The van der Waals surface area contributed by atoms with Crippen molar-refractivity contribution in [2.24, 2.45) is 0 Å². The van der Waals surface area contributed by atoms with E-state index in [9.17, 15) is 4.79 Å². The van der Waals surface area contributed by atoms with E-state index in [0.717, 1.165) is 17.8 Å². The van der Waals surface area contributed by atoms with Crippen LogP contribution in [-0.2, 0) is 0 Å². The number of nitrogens with one attached hydrogen (secondary N) is 2. The lowest BCUT2D eigenvalue weighted by molar-refractivity contribution is 0.0948. The minimum absolute atomic E-state index is 0.198. The molecule has 0 fully saturated rings. The van der Waals surface area contributed by atoms with E-state index >= 15 is 0 Å². The summed E-state index contributed by atoms with van der Waals surface area (Å²) in [6, 6.07) is 7.97. The van der Waals surface area contributed by atoms with Crippen molar-refractivity contribution >= 4 is 23.1 Å². The summed E-state index contributed by atoms with van der Waals surface area (Å²) in [5.41, 5.74) is 2.37. The van der Waals surface area contributed by atoms with Crippen LogP contribution in [0.5, 0.6) is 0 Å². The normalized spacial score (nSPS) is 10.1. The maximum absolute atomic E-state index is 11.7. The molecule has 2 aromatic rings. The fourth-order valence-corrected chi connectivity index (χ4v) is 1.83. The van der Waals surface area contributed by atoms with Crippen molar-refractivity contribution in [2.45, 2.75) is 13.3 Å². The molecule has 1 heterocycles. The maximum Gasteiger partial charge on any atom is 0.271 e. The molecule has 2 N–H and O–H groups in total. The van der Waals surface area contributed by atoms with Gasteiger partial charge in [0, 0.05) is 32.0 Å². The molecule has 0 spiro atoms. The monoisotopic (exact) mass is 299 g/mol. The zero-order valence-electron chi connectivity index (χ0n) is 13.1. The molecule has 6 nitrogen and oxygen atoms in total. The lowest BCUT2D eigenvalue weighted by Gasteiger charge is -2.13. The van der Waals surface area contributed by atoms with Gasteiger partial charge in [-0.25, -0.2) is 9.97 Å². The summed E-state index contributed by atoms with van der Waals surface area (Å²) >= 11 is 0. The molecular weight excluding hydrogens is 278 g/mol. The highest BCUT2D eigenvalue weighted by molar-refractivity contribution is 5.92. The molecule has 22 heavy (non-hydrogen) atoms. The minimum Gasteiger partial charge on any atom is -0.378 e. The second kappa shape index (κ2) is 7.40. The molecule has 116 valence electrons. The Morgan fingerprint density at radius 3 is 2.41 bits per heavy atom. The molecule has 0 aliphatic rings. The number of carbonyl (C=O) groups excluding carboxylic acids is 1. The van der Waals surface area contributed by atoms with Crippen molar-refractivity contribution in [3.8, 4) is 0 Å². The van der Waals surface area contributed by atoms with Gasteiger partial charge in [-0.05, 0) is 30.7 Å². The molecule has 0 saturated carbocycles. The quantitative estimate of drug-likeness (QED) is 0.857. The Morgan fingerprint density at radius 2 is 1.86 bits per heavy atom. The minimum atomic E-state index is -0.198. The number of hydrogen-bond donors (Lipinski definition) is 2. The van der Waals surface area contributed by atoms with Gasteiger partial charge in [0.1, 0.15) is 11.5 Å². The number of anilines is 3. The largest absolute Gasteiger partial charge is 0.378 e. The topological polar surface area (TPSA) is 70.2 Å². The first-order chi connectivity index (χ1) is 10.6. The van der Waals surface area contributed by atoms with E-state index < -0.39 is 0 Å². The number of aromatic nitrogens is 2. The average Bonchev–Trinajstić information content (AvgIpc) is 2.54. The van der Waals surface area contributed by atoms with E-state index in [-0.39, 0.29) is 5.91 Å². The highest BCUT2D eigenvalue weighted by atomic mass is 16.1. The molecular formula is C16H21N5O. The highest BCUT2D eigenvalue weighted by Crippen LogP contribution is 2.18. The number of rotatable bonds is 6. The number of amides is 1. The van der Waals surface area contributed by atoms with Gasteiger partial charge in [0.15, 0.2) is 0 Å². The first-order valence-corrected chi connectivity index (χ1v) is 7.25. The summed E-state index contributed by atoms with van der Waals surface area (Å²) in [5.74, 6) is 0.404. The van der Waals surface area contributed by atoms with E-state index in [4.69, 9.17) is 0 Å². The number of carbonyl (C=O) groups is 1. The van der Waals surface area contributed by atoms with Crippen LogP contribution < -0.4 is 15.5 Å². The second-order valence-corrected chi connectivity index (χ2v) is 5.11. The molecule has 1 amide bonds. The highest BCUT2D eigenvalue weighted by Gasteiger charge is 2.07. The van der Waals surface area contributed by atoms with Gasteiger partial charge in [-0.3, -0.25) is 4.79 Å². The molecule has 1 aromatic carbocycles. The summed E-state index contributed by atoms with van der Waals surface area (Å²) in [6.07, 6.45) is 3.92. The maximum atomic E-state index is 11.7. The van der Waals surface area contributed by atoms with E-state index in [2.05, 4.69) is 20.6 Å². The Balaban J connectivity index is 2.00. The Hall–Kier alpha value is -2.63. The molecule has 0 bridgehead atoms. The van der Waals surface area contributed by atoms with E-state index in [1.54, 1.807) is 6.20 Å². The van der Waals surface area contributed by atoms with Gasteiger partial charge in [0.05, 0.1) is 12.4 Å². The van der Waals surface area contributed by atoms with Crippen molar-refractivity contribution in [3.63, 3.8) is 0 Å². The van der Waals surface area contributed by atoms with E-state index in [0.29, 0.717) is 18.1 Å². The predicted octanol–water partition coefficient (Wildman–Crippen LogP) is 2.43. The molecule has 0 aliphatic heterocycles. The third kappa shape index (κ3) is 4.18. The Labute approximate surface area is 130 Å². The number of nitrogens with zero attached hydrogens (tertiary/aromatic N) is 3. The first kappa shape index (κ1) is 15.8. The van der Waals surface area contributed by atoms with Gasteiger partial charge in [-0.2, -0.15) is 0 Å². The van der Waals surface area contributed by atoms with Crippen molar-refractivity contribution in [3.05, 3.63) is 42.4 Å². The van der Waals surface area contributed by atoms with E-state index in [1.165, 1.54) is 6.20 Å². The molecule has 0 unspecified atom stereocenters. The summed E-state index contributed by atoms with van der Waals surface area (Å²) in [4.78, 5) is 22.1. The summed E-state index contributed by atoms with van der Waals surface area (Å²) in [6.45, 7) is 2.64.